The third-order valence-electron chi connectivity index (χ3n) is 2.96. The van der Waals surface area contributed by atoms with Crippen LogP contribution in [0, 0.1) is 0 Å². The van der Waals surface area contributed by atoms with E-state index in [0.717, 1.165) is 0 Å². The number of methoxy groups -OCH3 is 1. The lowest BCUT2D eigenvalue weighted by molar-refractivity contribution is 0.0694. The van der Waals surface area contributed by atoms with Crippen LogP contribution in [0.1, 0.15) is 22.8 Å². The molecule has 0 aliphatic rings. The van der Waals surface area contributed by atoms with Crippen molar-refractivity contribution in [2.45, 2.75) is 13.3 Å². The molecule has 0 saturated heterocycles. The highest BCUT2D eigenvalue weighted by Gasteiger charge is 2.18. The van der Waals surface area contributed by atoms with E-state index in [4.69, 9.17) is 21.4 Å². The molecule has 0 radical (unpaired) electrons. The second-order valence-electron chi connectivity index (χ2n) is 4.00. The second kappa shape index (κ2) is 4.93. The number of aromatic nitrogens is 1. The van der Waals surface area contributed by atoms with Gasteiger partial charge in [0.2, 0.25) is 0 Å². The number of benzene rings is 1. The predicted octanol–water partition coefficient (Wildman–Crippen LogP) is 2.45. The molecule has 5 nitrogen and oxygen atoms in total. The second-order valence-corrected chi connectivity index (χ2v) is 4.41. The zero-order valence-corrected chi connectivity index (χ0v) is 11.2. The molecule has 2 aromatic rings. The summed E-state index contributed by atoms with van der Waals surface area (Å²) in [4.78, 5) is 25.5. The zero-order valence-electron chi connectivity index (χ0n) is 10.4. The number of carboxylic acid groups (broad SMARTS) is 1. The molecule has 0 atom stereocenters. The van der Waals surface area contributed by atoms with Crippen LogP contribution < -0.4 is 10.3 Å². The van der Waals surface area contributed by atoms with Gasteiger partial charge in [-0.15, -0.1) is 0 Å². The number of H-pyrrole nitrogens is 1. The minimum atomic E-state index is -1.24. The fourth-order valence-corrected chi connectivity index (χ4v) is 2.35. The Hall–Kier alpha value is -2.01. The largest absolute Gasteiger partial charge is 0.495 e. The lowest BCUT2D eigenvalue weighted by Crippen LogP contribution is -2.20. The molecule has 0 spiro atoms. The van der Waals surface area contributed by atoms with E-state index in [1.54, 1.807) is 19.1 Å². The molecule has 0 unspecified atom stereocenters. The smallest absolute Gasteiger partial charge is 0.341 e. The molecule has 0 fully saturated rings. The molecule has 2 rings (SSSR count). The number of carbonyl (C=O) groups is 1. The Morgan fingerprint density at radius 1 is 1.47 bits per heavy atom. The number of aromatic amines is 1. The summed E-state index contributed by atoms with van der Waals surface area (Å²) >= 11 is 5.99. The fraction of sp³-hybridized carbons (Fsp3) is 0.231. The monoisotopic (exact) mass is 281 g/mol. The zero-order chi connectivity index (χ0) is 14.2. The minimum absolute atomic E-state index is 0.237. The van der Waals surface area contributed by atoms with Gasteiger partial charge in [-0.1, -0.05) is 18.5 Å². The van der Waals surface area contributed by atoms with Gasteiger partial charge < -0.3 is 14.8 Å². The predicted molar refractivity (Wildman–Crippen MR) is 72.5 cm³/mol. The van der Waals surface area contributed by atoms with Gasteiger partial charge in [0.25, 0.3) is 5.56 Å². The number of aromatic carboxylic acids is 1. The molecule has 0 saturated carbocycles. The molecular formula is C13H12ClNO4. The van der Waals surface area contributed by atoms with Crippen molar-refractivity contribution in [1.29, 1.82) is 0 Å². The molecule has 1 aromatic carbocycles. The first kappa shape index (κ1) is 13.4. The van der Waals surface area contributed by atoms with E-state index >= 15 is 0 Å². The van der Waals surface area contributed by atoms with Gasteiger partial charge in [-0.25, -0.2) is 4.79 Å². The van der Waals surface area contributed by atoms with Crippen molar-refractivity contribution in [2.75, 3.05) is 7.11 Å². The van der Waals surface area contributed by atoms with E-state index in [1.165, 1.54) is 7.11 Å². The van der Waals surface area contributed by atoms with E-state index in [-0.39, 0.29) is 5.56 Å². The Labute approximate surface area is 113 Å². The summed E-state index contributed by atoms with van der Waals surface area (Å²) in [6.45, 7) is 1.79. The highest BCUT2D eigenvalue weighted by Crippen LogP contribution is 2.31. The Kier molecular flexibility index (Phi) is 3.48. The molecule has 19 heavy (non-hydrogen) atoms. The van der Waals surface area contributed by atoms with E-state index in [2.05, 4.69) is 4.98 Å². The van der Waals surface area contributed by atoms with E-state index in [0.29, 0.717) is 33.7 Å². The third-order valence-corrected chi connectivity index (χ3v) is 3.26. The van der Waals surface area contributed by atoms with Crippen LogP contribution in [0.4, 0.5) is 0 Å². The standard InChI is InChI=1S/C13H12ClNO4/c1-3-6-7-4-10(19-2)8(14)5-9(7)15-12(16)11(6)13(17)18/h4-5H,3H2,1-2H3,(H,15,16)(H,17,18). The van der Waals surface area contributed by atoms with Crippen molar-refractivity contribution in [3.05, 3.63) is 38.6 Å². The van der Waals surface area contributed by atoms with Crippen LogP contribution in [0.2, 0.25) is 5.02 Å². The van der Waals surface area contributed by atoms with Crippen molar-refractivity contribution in [1.82, 2.24) is 4.98 Å². The maximum Gasteiger partial charge on any atom is 0.341 e. The number of aryl methyl sites for hydroxylation is 1. The highest BCUT2D eigenvalue weighted by molar-refractivity contribution is 6.32. The van der Waals surface area contributed by atoms with Crippen LogP contribution in [0.5, 0.6) is 5.75 Å². The number of hydrogen-bond acceptors (Lipinski definition) is 3. The number of fused-ring (bicyclic) bond motifs is 1. The van der Waals surface area contributed by atoms with Crippen molar-refractivity contribution in [3.63, 3.8) is 0 Å². The van der Waals surface area contributed by atoms with Gasteiger partial charge in [0.05, 0.1) is 17.6 Å². The van der Waals surface area contributed by atoms with Crippen LogP contribution >= 0.6 is 11.6 Å². The van der Waals surface area contributed by atoms with Crippen molar-refractivity contribution in [2.24, 2.45) is 0 Å². The maximum atomic E-state index is 11.8. The quantitative estimate of drug-likeness (QED) is 0.906. The first-order valence-corrected chi connectivity index (χ1v) is 6.03. The van der Waals surface area contributed by atoms with Gasteiger partial charge in [-0.05, 0) is 24.1 Å². The van der Waals surface area contributed by atoms with Gasteiger partial charge in [0.15, 0.2) is 0 Å². The average molecular weight is 282 g/mol. The van der Waals surface area contributed by atoms with Gasteiger partial charge in [-0.3, -0.25) is 4.79 Å². The van der Waals surface area contributed by atoms with Gasteiger partial charge in [-0.2, -0.15) is 0 Å². The normalized spacial score (nSPS) is 10.7. The van der Waals surface area contributed by atoms with Gasteiger partial charge >= 0.3 is 5.97 Å². The molecule has 1 heterocycles. The summed E-state index contributed by atoms with van der Waals surface area (Å²) in [7, 11) is 1.47. The molecule has 0 amide bonds. The molecular weight excluding hydrogens is 270 g/mol. The maximum absolute atomic E-state index is 11.8. The van der Waals surface area contributed by atoms with E-state index < -0.39 is 11.5 Å². The molecule has 1 aromatic heterocycles. The first-order valence-electron chi connectivity index (χ1n) is 5.65. The van der Waals surface area contributed by atoms with E-state index in [1.807, 2.05) is 0 Å². The molecule has 0 aliphatic carbocycles. The highest BCUT2D eigenvalue weighted by atomic mass is 35.5. The third kappa shape index (κ3) is 2.17. The lowest BCUT2D eigenvalue weighted by Gasteiger charge is -2.10. The summed E-state index contributed by atoms with van der Waals surface area (Å²) in [5.74, 6) is -0.804. The van der Waals surface area contributed by atoms with E-state index in [9.17, 15) is 9.59 Å². The Bertz CT molecular complexity index is 721. The lowest BCUT2D eigenvalue weighted by atomic mass is 10.0. The topological polar surface area (TPSA) is 79.4 Å². The SMILES string of the molecule is CCc1c(C(=O)O)c(=O)[nH]c2cc(Cl)c(OC)cc12. The van der Waals surface area contributed by atoms with Crippen LogP contribution in [0.15, 0.2) is 16.9 Å². The summed E-state index contributed by atoms with van der Waals surface area (Å²) in [5.41, 5.74) is 0.108. The van der Waals surface area contributed by atoms with Gasteiger partial charge in [0, 0.05) is 5.39 Å². The van der Waals surface area contributed by atoms with Crippen molar-refractivity contribution in [3.8, 4) is 5.75 Å². The van der Waals surface area contributed by atoms with Crippen molar-refractivity contribution < 1.29 is 14.6 Å². The summed E-state index contributed by atoms with van der Waals surface area (Å²) < 4.78 is 5.11. The molecule has 0 bridgehead atoms. The van der Waals surface area contributed by atoms with Crippen LogP contribution in [-0.2, 0) is 6.42 Å². The Morgan fingerprint density at radius 3 is 2.68 bits per heavy atom. The summed E-state index contributed by atoms with van der Waals surface area (Å²) in [6, 6.07) is 3.20. The van der Waals surface area contributed by atoms with Crippen LogP contribution in [0.25, 0.3) is 10.9 Å². The number of hydrogen-bond donors (Lipinski definition) is 2. The number of pyridine rings is 1. The number of rotatable bonds is 3. The van der Waals surface area contributed by atoms with Gasteiger partial charge in [0.1, 0.15) is 11.3 Å². The molecule has 2 N–H and O–H groups in total. The van der Waals surface area contributed by atoms with Crippen molar-refractivity contribution >= 4 is 28.5 Å². The Balaban J connectivity index is 2.95. The first-order chi connectivity index (χ1) is 8.99. The average Bonchev–Trinajstić information content (AvgIpc) is 2.35. The fourth-order valence-electron chi connectivity index (χ4n) is 2.11. The number of ether oxygens (including phenoxy) is 1. The summed E-state index contributed by atoms with van der Waals surface area (Å²) in [6.07, 6.45) is 0.423. The Morgan fingerprint density at radius 2 is 2.16 bits per heavy atom. The minimum Gasteiger partial charge on any atom is -0.495 e. The van der Waals surface area contributed by atoms with Crippen LogP contribution in [-0.4, -0.2) is 23.2 Å². The summed E-state index contributed by atoms with van der Waals surface area (Å²) in [5, 5.41) is 10.1. The van der Waals surface area contributed by atoms with Crippen LogP contribution in [0.3, 0.4) is 0 Å². The number of nitrogens with one attached hydrogen (secondary N) is 1. The molecule has 6 heteroatoms. The molecule has 0 aliphatic heterocycles. The number of halogens is 1. The number of carboxylic acids is 1. The molecule has 100 valence electrons.